The molecule has 0 rings (SSSR count). The van der Waals surface area contributed by atoms with E-state index in [0.717, 1.165) is 96.3 Å². The molecule has 9 nitrogen and oxygen atoms in total. The number of carbonyl (C=O) groups is 2. The number of ether oxygens (including phenoxy) is 2. The summed E-state index contributed by atoms with van der Waals surface area (Å²) >= 11 is 0. The smallest absolute Gasteiger partial charge is 0.462 e. The van der Waals surface area contributed by atoms with Gasteiger partial charge in [-0.05, 0) is 89.9 Å². The van der Waals surface area contributed by atoms with Crippen molar-refractivity contribution >= 4 is 19.8 Å². The minimum Gasteiger partial charge on any atom is -0.462 e. The van der Waals surface area contributed by atoms with Crippen LogP contribution in [0.5, 0.6) is 0 Å². The third kappa shape index (κ3) is 42.8. The number of nitrogens with two attached hydrogens (primary N) is 1. The largest absolute Gasteiger partial charge is 0.472 e. The molecule has 0 saturated carbocycles. The summed E-state index contributed by atoms with van der Waals surface area (Å²) in [6.45, 7) is 3.55. The van der Waals surface area contributed by atoms with Gasteiger partial charge in [0.25, 0.3) is 0 Å². The van der Waals surface area contributed by atoms with Crippen molar-refractivity contribution in [2.24, 2.45) is 5.73 Å². The average molecular weight is 832 g/mol. The fraction of sp³-hybridized carbons (Fsp3) is 0.667. The Bertz CT molecular complexity index is 1220. The standard InChI is InChI=1S/C48H82NO8P/c1-3-5-7-9-11-13-15-17-19-20-21-22-23-24-25-26-27-29-31-33-35-37-39-41-48(51)57-46(45-56-58(52,53)55-43-42-49)44-54-47(50)40-38-36-34-32-30-28-18-16-14-12-10-8-6-4-2/h5,7,11,13,16-19,21-22,24-25,27,29,46H,3-4,6,8-10,12,14-15,20,23,26,28,30-45,49H2,1-2H3,(H,52,53)/b7-5-,13-11-,18-16-,19-17-,22-21-,25-24-,29-27-. The third-order valence-corrected chi connectivity index (χ3v) is 10.00. The number of phosphoric acid groups is 1. The molecule has 0 aromatic carbocycles. The number of carbonyl (C=O) groups excluding carboxylic acids is 2. The van der Waals surface area contributed by atoms with Crippen molar-refractivity contribution in [1.29, 1.82) is 0 Å². The molecule has 10 heteroatoms. The Morgan fingerprint density at radius 3 is 1.43 bits per heavy atom. The summed E-state index contributed by atoms with van der Waals surface area (Å²) in [5, 5.41) is 0. The second-order valence-corrected chi connectivity index (χ2v) is 16.0. The lowest BCUT2D eigenvalue weighted by Crippen LogP contribution is -2.29. The van der Waals surface area contributed by atoms with Gasteiger partial charge in [0.15, 0.2) is 6.10 Å². The Morgan fingerprint density at radius 2 is 0.948 bits per heavy atom. The molecular formula is C48H82NO8P. The number of unbranched alkanes of at least 4 members (excludes halogenated alkanes) is 14. The second-order valence-electron chi connectivity index (χ2n) is 14.5. The maximum absolute atomic E-state index is 12.6. The van der Waals surface area contributed by atoms with Crippen molar-refractivity contribution in [3.63, 3.8) is 0 Å². The molecule has 0 aliphatic heterocycles. The first-order valence-electron chi connectivity index (χ1n) is 22.6. The molecular weight excluding hydrogens is 750 g/mol. The van der Waals surface area contributed by atoms with Gasteiger partial charge in [-0.1, -0.05) is 157 Å². The number of hydrogen-bond donors (Lipinski definition) is 2. The van der Waals surface area contributed by atoms with E-state index in [2.05, 4.69) is 98.9 Å². The predicted molar refractivity (Wildman–Crippen MR) is 242 cm³/mol. The molecule has 0 amide bonds. The molecule has 0 aliphatic rings. The van der Waals surface area contributed by atoms with Crippen LogP contribution >= 0.6 is 7.82 Å². The van der Waals surface area contributed by atoms with Crippen LogP contribution in [-0.2, 0) is 32.7 Å². The Hall–Kier alpha value is -2.81. The second kappa shape index (κ2) is 43.8. The number of phosphoric ester groups is 1. The molecule has 0 fully saturated rings. The molecule has 0 radical (unpaired) electrons. The summed E-state index contributed by atoms with van der Waals surface area (Å²) in [5.74, 6) is -0.875. The van der Waals surface area contributed by atoms with Gasteiger partial charge in [-0.15, -0.1) is 0 Å². The van der Waals surface area contributed by atoms with E-state index in [1.807, 2.05) is 0 Å². The fourth-order valence-electron chi connectivity index (χ4n) is 5.69. The fourth-order valence-corrected chi connectivity index (χ4v) is 6.45. The highest BCUT2D eigenvalue weighted by Crippen LogP contribution is 2.43. The van der Waals surface area contributed by atoms with Crippen LogP contribution in [0.4, 0.5) is 0 Å². The highest BCUT2D eigenvalue weighted by Gasteiger charge is 2.26. The van der Waals surface area contributed by atoms with E-state index in [1.54, 1.807) is 0 Å². The summed E-state index contributed by atoms with van der Waals surface area (Å²) in [7, 11) is -4.39. The van der Waals surface area contributed by atoms with Gasteiger partial charge in [-0.2, -0.15) is 0 Å². The number of allylic oxidation sites excluding steroid dienone is 14. The maximum atomic E-state index is 12.6. The quantitative estimate of drug-likeness (QED) is 0.0267. The number of esters is 2. The molecule has 3 N–H and O–H groups in total. The van der Waals surface area contributed by atoms with E-state index in [9.17, 15) is 19.0 Å². The van der Waals surface area contributed by atoms with Gasteiger partial charge in [0, 0.05) is 19.4 Å². The van der Waals surface area contributed by atoms with Crippen molar-refractivity contribution in [3.8, 4) is 0 Å². The van der Waals surface area contributed by atoms with Crippen LogP contribution in [0, 0.1) is 0 Å². The highest BCUT2D eigenvalue weighted by atomic mass is 31.2. The summed E-state index contributed by atoms with van der Waals surface area (Å²) in [6, 6.07) is 0. The topological polar surface area (TPSA) is 134 Å². The summed E-state index contributed by atoms with van der Waals surface area (Å²) < 4.78 is 32.8. The normalized spacial score (nSPS) is 14.1. The van der Waals surface area contributed by atoms with Crippen molar-refractivity contribution in [3.05, 3.63) is 85.1 Å². The van der Waals surface area contributed by atoms with E-state index >= 15 is 0 Å². The molecule has 0 aromatic rings. The zero-order valence-corrected chi connectivity index (χ0v) is 37.4. The Balaban J connectivity index is 4.22. The monoisotopic (exact) mass is 832 g/mol. The molecule has 0 saturated heterocycles. The van der Waals surface area contributed by atoms with Gasteiger partial charge >= 0.3 is 19.8 Å². The molecule has 332 valence electrons. The van der Waals surface area contributed by atoms with Crippen LogP contribution in [0.2, 0.25) is 0 Å². The Morgan fingerprint density at radius 1 is 0.534 bits per heavy atom. The first kappa shape index (κ1) is 55.2. The van der Waals surface area contributed by atoms with Crippen molar-refractivity contribution < 1.29 is 37.6 Å². The summed E-state index contributed by atoms with van der Waals surface area (Å²) in [5.41, 5.74) is 5.35. The SMILES string of the molecule is CC/C=C\C/C=C\C/C=C\C/C=C\C/C=C\C/C=C\CCCCCCC(=O)OC(COC(=O)CCCCCCC/C=C\CCCCCCC)COP(=O)(O)OCCN. The van der Waals surface area contributed by atoms with Crippen LogP contribution in [0.25, 0.3) is 0 Å². The predicted octanol–water partition coefficient (Wildman–Crippen LogP) is 13.2. The van der Waals surface area contributed by atoms with E-state index in [0.29, 0.717) is 12.8 Å². The lowest BCUT2D eigenvalue weighted by atomic mass is 10.1. The molecule has 58 heavy (non-hydrogen) atoms. The van der Waals surface area contributed by atoms with E-state index in [1.165, 1.54) is 38.5 Å². The number of hydrogen-bond acceptors (Lipinski definition) is 8. The summed E-state index contributed by atoms with van der Waals surface area (Å²) in [4.78, 5) is 34.9. The van der Waals surface area contributed by atoms with Crippen LogP contribution in [-0.4, -0.2) is 49.3 Å². The maximum Gasteiger partial charge on any atom is 0.472 e. The van der Waals surface area contributed by atoms with Crippen LogP contribution in [0.3, 0.4) is 0 Å². The molecule has 0 spiro atoms. The van der Waals surface area contributed by atoms with Gasteiger partial charge in [-0.3, -0.25) is 18.6 Å². The molecule has 0 heterocycles. The van der Waals surface area contributed by atoms with Crippen molar-refractivity contribution in [1.82, 2.24) is 0 Å². The van der Waals surface area contributed by atoms with Crippen LogP contribution in [0.15, 0.2) is 85.1 Å². The van der Waals surface area contributed by atoms with Gasteiger partial charge < -0.3 is 20.1 Å². The average Bonchev–Trinajstić information content (AvgIpc) is 3.21. The van der Waals surface area contributed by atoms with Gasteiger partial charge in [0.05, 0.1) is 13.2 Å². The zero-order chi connectivity index (χ0) is 42.5. The molecule has 0 bridgehead atoms. The summed E-state index contributed by atoms with van der Waals surface area (Å²) in [6.07, 6.45) is 54.7. The van der Waals surface area contributed by atoms with E-state index < -0.39 is 32.5 Å². The Labute approximate surface area is 354 Å². The first-order valence-corrected chi connectivity index (χ1v) is 24.1. The van der Waals surface area contributed by atoms with E-state index in [4.69, 9.17) is 24.3 Å². The van der Waals surface area contributed by atoms with Crippen LogP contribution < -0.4 is 5.73 Å². The van der Waals surface area contributed by atoms with Gasteiger partial charge in [0.2, 0.25) is 0 Å². The van der Waals surface area contributed by atoms with Gasteiger partial charge in [0.1, 0.15) is 6.61 Å². The molecule has 2 atom stereocenters. The highest BCUT2D eigenvalue weighted by molar-refractivity contribution is 7.47. The van der Waals surface area contributed by atoms with E-state index in [-0.39, 0.29) is 32.6 Å². The van der Waals surface area contributed by atoms with Crippen LogP contribution in [0.1, 0.15) is 174 Å². The van der Waals surface area contributed by atoms with Crippen molar-refractivity contribution in [2.75, 3.05) is 26.4 Å². The molecule has 0 aliphatic carbocycles. The third-order valence-electron chi connectivity index (χ3n) is 9.02. The minimum atomic E-state index is -4.39. The molecule has 2 unspecified atom stereocenters. The lowest BCUT2D eigenvalue weighted by Gasteiger charge is -2.19. The van der Waals surface area contributed by atoms with Crippen molar-refractivity contribution in [2.45, 2.75) is 180 Å². The zero-order valence-electron chi connectivity index (χ0n) is 36.5. The molecule has 0 aromatic heterocycles. The minimum absolute atomic E-state index is 0.0433. The lowest BCUT2D eigenvalue weighted by molar-refractivity contribution is -0.161. The first-order chi connectivity index (χ1) is 28.3. The number of rotatable bonds is 41. The Kier molecular flexibility index (Phi) is 41.6. The van der Waals surface area contributed by atoms with Gasteiger partial charge in [-0.25, -0.2) is 4.57 Å².